The molecule has 138 valence electrons. The first-order chi connectivity index (χ1) is 11.9. The van der Waals surface area contributed by atoms with Crippen LogP contribution in [-0.2, 0) is 6.18 Å². The Bertz CT molecular complexity index is 1000. The SMILES string of the molecule is Nc1[nH]c(=O)c(C(=O)O)c(-c2c(C(F)(F)F)ccc(Br)c2O)c1C(=O)O. The first kappa shape index (κ1) is 19.3. The van der Waals surface area contributed by atoms with Crippen LogP contribution >= 0.6 is 15.9 Å². The third-order valence-corrected chi connectivity index (χ3v) is 4.00. The standard InChI is InChI=1S/C14H8BrF3N2O6/c15-4-2-1-3(14(16,17)18)5(9(4)21)6-7(12(23)24)10(19)20-11(22)8(6)13(25)26/h1-2,21H,(H,23,24)(H,25,26)(H3,19,20,22). The van der Waals surface area contributed by atoms with E-state index >= 15 is 0 Å². The zero-order chi connectivity index (χ0) is 20.0. The van der Waals surface area contributed by atoms with Gasteiger partial charge in [0.15, 0.2) is 0 Å². The predicted molar refractivity (Wildman–Crippen MR) is 85.2 cm³/mol. The zero-order valence-electron chi connectivity index (χ0n) is 12.3. The Labute approximate surface area is 149 Å². The molecule has 0 unspecified atom stereocenters. The number of rotatable bonds is 3. The first-order valence-electron chi connectivity index (χ1n) is 6.49. The van der Waals surface area contributed by atoms with Crippen molar-refractivity contribution in [3.63, 3.8) is 0 Å². The van der Waals surface area contributed by atoms with Crippen LogP contribution in [0.2, 0.25) is 0 Å². The molecule has 2 rings (SSSR count). The minimum atomic E-state index is -5.10. The summed E-state index contributed by atoms with van der Waals surface area (Å²) in [4.78, 5) is 36.6. The van der Waals surface area contributed by atoms with Gasteiger partial charge in [-0.25, -0.2) is 9.59 Å². The number of pyridine rings is 1. The van der Waals surface area contributed by atoms with Gasteiger partial charge in [-0.05, 0) is 28.1 Å². The second-order valence-electron chi connectivity index (χ2n) is 4.92. The monoisotopic (exact) mass is 436 g/mol. The number of nitrogens with one attached hydrogen (secondary N) is 1. The van der Waals surface area contributed by atoms with Crippen molar-refractivity contribution in [2.24, 2.45) is 0 Å². The molecule has 6 N–H and O–H groups in total. The first-order valence-corrected chi connectivity index (χ1v) is 7.28. The predicted octanol–water partition coefficient (Wildman–Crippen LogP) is 2.51. The summed E-state index contributed by atoms with van der Waals surface area (Å²) in [5.74, 6) is -5.87. The molecule has 0 saturated carbocycles. The van der Waals surface area contributed by atoms with Gasteiger partial charge < -0.3 is 26.0 Å². The van der Waals surface area contributed by atoms with Crippen LogP contribution in [-0.4, -0.2) is 32.2 Å². The minimum absolute atomic E-state index is 0.285. The number of nitrogen functional groups attached to an aromatic ring is 1. The van der Waals surface area contributed by atoms with Gasteiger partial charge in [-0.1, -0.05) is 0 Å². The van der Waals surface area contributed by atoms with Crippen LogP contribution in [0.4, 0.5) is 19.0 Å². The molecular formula is C14H8BrF3N2O6. The molecule has 1 aromatic heterocycles. The van der Waals surface area contributed by atoms with Crippen molar-refractivity contribution in [1.82, 2.24) is 4.98 Å². The van der Waals surface area contributed by atoms with Crippen LogP contribution in [0.3, 0.4) is 0 Å². The molecule has 12 heteroatoms. The van der Waals surface area contributed by atoms with Crippen molar-refractivity contribution in [3.05, 3.63) is 43.6 Å². The number of nitrogens with two attached hydrogens (primary N) is 1. The molecule has 0 aliphatic heterocycles. The van der Waals surface area contributed by atoms with E-state index in [9.17, 15) is 42.9 Å². The van der Waals surface area contributed by atoms with E-state index in [0.717, 1.165) is 6.07 Å². The Hall–Kier alpha value is -3.02. The van der Waals surface area contributed by atoms with E-state index in [1.165, 1.54) is 0 Å². The molecule has 0 saturated heterocycles. The van der Waals surface area contributed by atoms with Gasteiger partial charge in [-0.2, -0.15) is 13.2 Å². The molecule has 0 atom stereocenters. The van der Waals surface area contributed by atoms with E-state index in [4.69, 9.17) is 5.73 Å². The molecule has 2 aromatic rings. The van der Waals surface area contributed by atoms with E-state index in [2.05, 4.69) is 15.9 Å². The number of phenols is 1. The second kappa shape index (κ2) is 6.37. The fourth-order valence-electron chi connectivity index (χ4n) is 2.35. The van der Waals surface area contributed by atoms with Gasteiger partial charge in [-0.15, -0.1) is 0 Å². The molecule has 0 aliphatic carbocycles. The number of aromatic amines is 1. The van der Waals surface area contributed by atoms with Gasteiger partial charge in [0.05, 0.1) is 10.0 Å². The lowest BCUT2D eigenvalue weighted by molar-refractivity contribution is -0.137. The van der Waals surface area contributed by atoms with Gasteiger partial charge in [0.25, 0.3) is 5.56 Å². The number of benzene rings is 1. The number of carbonyl (C=O) groups is 2. The van der Waals surface area contributed by atoms with Crippen molar-refractivity contribution in [2.75, 3.05) is 5.73 Å². The highest BCUT2D eigenvalue weighted by molar-refractivity contribution is 9.10. The highest BCUT2D eigenvalue weighted by Gasteiger charge is 2.39. The van der Waals surface area contributed by atoms with Gasteiger partial charge in [0.1, 0.15) is 22.7 Å². The molecule has 0 aliphatic rings. The molecule has 8 nitrogen and oxygen atoms in total. The molecule has 1 aromatic carbocycles. The van der Waals surface area contributed by atoms with Gasteiger partial charge >= 0.3 is 18.1 Å². The van der Waals surface area contributed by atoms with Crippen LogP contribution in [0.1, 0.15) is 26.3 Å². The molecule has 0 amide bonds. The number of phenolic OH excluding ortho intramolecular Hbond substituents is 1. The summed E-state index contributed by atoms with van der Waals surface area (Å²) in [5.41, 5.74) is -2.36. The number of aromatic hydroxyl groups is 1. The van der Waals surface area contributed by atoms with Gasteiger partial charge in [-0.3, -0.25) is 4.79 Å². The summed E-state index contributed by atoms with van der Waals surface area (Å²) in [6, 6.07) is 1.33. The number of hydrogen-bond acceptors (Lipinski definition) is 5. The molecule has 0 radical (unpaired) electrons. The van der Waals surface area contributed by atoms with Crippen LogP contribution in [0.5, 0.6) is 5.75 Å². The quantitative estimate of drug-likeness (QED) is 0.495. The minimum Gasteiger partial charge on any atom is -0.506 e. The summed E-state index contributed by atoms with van der Waals surface area (Å²) < 4.78 is 39.8. The summed E-state index contributed by atoms with van der Waals surface area (Å²) in [7, 11) is 0. The Morgan fingerprint density at radius 1 is 1.08 bits per heavy atom. The molecule has 0 fully saturated rings. The zero-order valence-corrected chi connectivity index (χ0v) is 13.9. The smallest absolute Gasteiger partial charge is 0.417 e. The largest absolute Gasteiger partial charge is 0.506 e. The average molecular weight is 437 g/mol. The average Bonchev–Trinajstić information content (AvgIpc) is 2.46. The van der Waals surface area contributed by atoms with Crippen molar-refractivity contribution in [1.29, 1.82) is 0 Å². The fraction of sp³-hybridized carbons (Fsp3) is 0.0714. The molecular weight excluding hydrogens is 429 g/mol. The number of carboxylic acids is 2. The molecule has 0 spiro atoms. The lowest BCUT2D eigenvalue weighted by Gasteiger charge is -2.19. The van der Waals surface area contributed by atoms with E-state index < -0.39 is 63.1 Å². The molecule has 26 heavy (non-hydrogen) atoms. The third kappa shape index (κ3) is 3.10. The Morgan fingerprint density at radius 3 is 2.08 bits per heavy atom. The van der Waals surface area contributed by atoms with Gasteiger partial charge in [0, 0.05) is 11.1 Å². The molecule has 1 heterocycles. The summed E-state index contributed by atoms with van der Waals surface area (Å²) >= 11 is 2.78. The van der Waals surface area contributed by atoms with E-state index in [1.54, 1.807) is 4.98 Å². The Morgan fingerprint density at radius 2 is 1.62 bits per heavy atom. The van der Waals surface area contributed by atoms with E-state index in [-0.39, 0.29) is 4.47 Å². The lowest BCUT2D eigenvalue weighted by atomic mass is 9.91. The fourth-order valence-corrected chi connectivity index (χ4v) is 2.68. The van der Waals surface area contributed by atoms with Crippen molar-refractivity contribution >= 4 is 33.7 Å². The van der Waals surface area contributed by atoms with Crippen LogP contribution < -0.4 is 11.3 Å². The van der Waals surface area contributed by atoms with Crippen LogP contribution in [0.15, 0.2) is 21.4 Å². The number of aromatic carboxylic acids is 2. The normalized spacial score (nSPS) is 11.4. The number of carboxylic acid groups (broad SMARTS) is 2. The number of anilines is 1. The van der Waals surface area contributed by atoms with Crippen LogP contribution in [0, 0.1) is 0 Å². The van der Waals surface area contributed by atoms with E-state index in [1.807, 2.05) is 0 Å². The second-order valence-corrected chi connectivity index (χ2v) is 5.77. The lowest BCUT2D eigenvalue weighted by Crippen LogP contribution is -2.25. The summed E-state index contributed by atoms with van der Waals surface area (Å²) in [6.45, 7) is 0. The van der Waals surface area contributed by atoms with Crippen molar-refractivity contribution < 1.29 is 38.1 Å². The number of aromatic nitrogens is 1. The van der Waals surface area contributed by atoms with Crippen molar-refractivity contribution in [3.8, 4) is 16.9 Å². The third-order valence-electron chi connectivity index (χ3n) is 3.36. The van der Waals surface area contributed by atoms with E-state index in [0.29, 0.717) is 6.07 Å². The summed E-state index contributed by atoms with van der Waals surface area (Å²) in [5, 5.41) is 28.6. The van der Waals surface area contributed by atoms with Gasteiger partial charge in [0.2, 0.25) is 0 Å². The molecule has 0 bridgehead atoms. The summed E-state index contributed by atoms with van der Waals surface area (Å²) in [6.07, 6.45) is -5.10. The maximum Gasteiger partial charge on any atom is 0.417 e. The van der Waals surface area contributed by atoms with Crippen LogP contribution in [0.25, 0.3) is 11.1 Å². The topological polar surface area (TPSA) is 154 Å². The number of alkyl halides is 3. The maximum absolute atomic E-state index is 13.4. The Balaban J connectivity index is 3.21. The maximum atomic E-state index is 13.4. The number of H-pyrrole nitrogens is 1. The highest BCUT2D eigenvalue weighted by atomic mass is 79.9. The number of hydrogen-bond donors (Lipinski definition) is 5. The Kier molecular flexibility index (Phi) is 4.73. The highest BCUT2D eigenvalue weighted by Crippen LogP contribution is 2.47. The number of halogens is 4. The van der Waals surface area contributed by atoms with Crippen molar-refractivity contribution in [2.45, 2.75) is 6.18 Å².